The van der Waals surface area contributed by atoms with E-state index in [0.29, 0.717) is 12.2 Å². The average Bonchev–Trinajstić information content (AvgIpc) is 2.61. The fourth-order valence-electron chi connectivity index (χ4n) is 1.23. The minimum Gasteiger partial charge on any atom is -0.406 e. The van der Waals surface area contributed by atoms with Crippen LogP contribution in [0.5, 0.6) is 0 Å². The Bertz CT molecular complexity index is 384. The third kappa shape index (κ3) is 3.72. The first-order chi connectivity index (χ1) is 7.49. The molecular formula is C10H14N2O4. The Morgan fingerprint density at radius 1 is 1.56 bits per heavy atom. The first-order valence-corrected chi connectivity index (χ1v) is 5.01. The van der Waals surface area contributed by atoms with Crippen molar-refractivity contribution in [1.82, 2.24) is 5.32 Å². The van der Waals surface area contributed by atoms with E-state index >= 15 is 0 Å². The van der Waals surface area contributed by atoms with Crippen molar-refractivity contribution < 1.29 is 14.1 Å². The second-order valence-electron chi connectivity index (χ2n) is 3.72. The van der Waals surface area contributed by atoms with Crippen molar-refractivity contribution >= 4 is 11.8 Å². The molecule has 88 valence electrons. The molecule has 6 nitrogen and oxygen atoms in total. The molecule has 0 saturated carbocycles. The summed E-state index contributed by atoms with van der Waals surface area (Å²) in [6.07, 6.45) is 0.634. The topological polar surface area (TPSA) is 85.4 Å². The van der Waals surface area contributed by atoms with Crippen LogP contribution in [0.1, 0.15) is 26.0 Å². The standard InChI is InChI=1S/C10H14N2O4/c1-7(2)11-9(13)5-3-8-4-6-10(16-8)12(14)15/h4,6-7H,3,5H2,1-2H3,(H,11,13). The van der Waals surface area contributed by atoms with Gasteiger partial charge in [-0.25, -0.2) is 0 Å². The Morgan fingerprint density at radius 2 is 2.25 bits per heavy atom. The lowest BCUT2D eigenvalue weighted by Gasteiger charge is -2.06. The zero-order valence-electron chi connectivity index (χ0n) is 9.23. The van der Waals surface area contributed by atoms with Gasteiger partial charge >= 0.3 is 5.88 Å². The monoisotopic (exact) mass is 226 g/mol. The zero-order chi connectivity index (χ0) is 12.1. The van der Waals surface area contributed by atoms with Crippen LogP contribution >= 0.6 is 0 Å². The van der Waals surface area contributed by atoms with Gasteiger partial charge in [0.15, 0.2) is 0 Å². The van der Waals surface area contributed by atoms with Crippen molar-refractivity contribution in [2.45, 2.75) is 32.7 Å². The highest BCUT2D eigenvalue weighted by molar-refractivity contribution is 5.76. The van der Waals surface area contributed by atoms with E-state index in [1.165, 1.54) is 12.1 Å². The number of hydrogen-bond donors (Lipinski definition) is 1. The summed E-state index contributed by atoms with van der Waals surface area (Å²) in [7, 11) is 0. The number of amides is 1. The number of nitrogens with one attached hydrogen (secondary N) is 1. The van der Waals surface area contributed by atoms with Crippen molar-refractivity contribution in [3.63, 3.8) is 0 Å². The van der Waals surface area contributed by atoms with E-state index in [0.717, 1.165) is 0 Å². The number of furan rings is 1. The quantitative estimate of drug-likeness (QED) is 0.611. The Balaban J connectivity index is 2.42. The summed E-state index contributed by atoms with van der Waals surface area (Å²) in [6, 6.07) is 2.90. The molecule has 0 bridgehead atoms. The summed E-state index contributed by atoms with van der Waals surface area (Å²) in [5.74, 6) is 0.0685. The molecule has 0 spiro atoms. The molecule has 0 fully saturated rings. The van der Waals surface area contributed by atoms with Gasteiger partial charge in [-0.3, -0.25) is 14.9 Å². The second-order valence-corrected chi connectivity index (χ2v) is 3.72. The summed E-state index contributed by atoms with van der Waals surface area (Å²) in [5.41, 5.74) is 0. The van der Waals surface area contributed by atoms with Crippen LogP contribution in [0.2, 0.25) is 0 Å². The lowest BCUT2D eigenvalue weighted by Crippen LogP contribution is -2.30. The van der Waals surface area contributed by atoms with Gasteiger partial charge in [0.05, 0.1) is 6.07 Å². The molecule has 1 aromatic heterocycles. The Labute approximate surface area is 92.8 Å². The van der Waals surface area contributed by atoms with Crippen LogP contribution in [-0.4, -0.2) is 16.9 Å². The van der Waals surface area contributed by atoms with E-state index < -0.39 is 4.92 Å². The minimum atomic E-state index is -0.600. The highest BCUT2D eigenvalue weighted by Crippen LogP contribution is 2.16. The van der Waals surface area contributed by atoms with Gasteiger partial charge in [0, 0.05) is 18.9 Å². The van der Waals surface area contributed by atoms with Crippen molar-refractivity contribution in [2.75, 3.05) is 0 Å². The normalized spacial score (nSPS) is 10.4. The van der Waals surface area contributed by atoms with Crippen LogP contribution in [-0.2, 0) is 11.2 Å². The molecule has 0 atom stereocenters. The molecule has 6 heteroatoms. The molecular weight excluding hydrogens is 212 g/mol. The molecule has 0 saturated heterocycles. The number of nitro groups is 1. The van der Waals surface area contributed by atoms with Crippen LogP contribution in [0, 0.1) is 10.1 Å². The van der Waals surface area contributed by atoms with E-state index in [1.54, 1.807) is 0 Å². The number of rotatable bonds is 5. The van der Waals surface area contributed by atoms with Crippen molar-refractivity contribution in [3.05, 3.63) is 28.0 Å². The number of carbonyl (C=O) groups excluding carboxylic acids is 1. The molecule has 1 amide bonds. The fourth-order valence-corrected chi connectivity index (χ4v) is 1.23. The molecule has 1 aromatic rings. The molecule has 1 heterocycles. The molecule has 0 aromatic carbocycles. The van der Waals surface area contributed by atoms with Crippen LogP contribution < -0.4 is 5.32 Å². The van der Waals surface area contributed by atoms with Gasteiger partial charge in [-0.05, 0) is 19.9 Å². The molecule has 0 aliphatic rings. The molecule has 1 N–H and O–H groups in total. The lowest BCUT2D eigenvalue weighted by atomic mass is 10.2. The molecule has 0 aliphatic heterocycles. The number of nitrogens with zero attached hydrogens (tertiary/aromatic N) is 1. The lowest BCUT2D eigenvalue weighted by molar-refractivity contribution is -0.402. The zero-order valence-corrected chi connectivity index (χ0v) is 9.23. The van der Waals surface area contributed by atoms with Gasteiger partial charge in [0.25, 0.3) is 0 Å². The van der Waals surface area contributed by atoms with Gasteiger partial charge in [-0.15, -0.1) is 0 Å². The van der Waals surface area contributed by atoms with E-state index in [1.807, 2.05) is 13.8 Å². The summed E-state index contributed by atoms with van der Waals surface area (Å²) < 4.78 is 4.92. The van der Waals surface area contributed by atoms with E-state index in [9.17, 15) is 14.9 Å². The molecule has 0 unspecified atom stereocenters. The van der Waals surface area contributed by atoms with E-state index in [2.05, 4.69) is 5.32 Å². The smallest absolute Gasteiger partial charge is 0.406 e. The predicted octanol–water partition coefficient (Wildman–Crippen LogP) is 1.64. The molecule has 0 radical (unpaired) electrons. The molecule has 0 aliphatic carbocycles. The van der Waals surface area contributed by atoms with Crippen molar-refractivity contribution in [3.8, 4) is 0 Å². The van der Waals surface area contributed by atoms with Gasteiger partial charge in [0.2, 0.25) is 5.91 Å². The van der Waals surface area contributed by atoms with E-state index in [4.69, 9.17) is 4.42 Å². The number of carbonyl (C=O) groups is 1. The second kappa shape index (κ2) is 5.29. The van der Waals surface area contributed by atoms with Crippen LogP contribution in [0.15, 0.2) is 16.5 Å². The van der Waals surface area contributed by atoms with Gasteiger partial charge < -0.3 is 9.73 Å². The highest BCUT2D eigenvalue weighted by Gasteiger charge is 2.12. The molecule has 16 heavy (non-hydrogen) atoms. The first kappa shape index (κ1) is 12.2. The highest BCUT2D eigenvalue weighted by atomic mass is 16.6. The average molecular weight is 226 g/mol. The van der Waals surface area contributed by atoms with Gasteiger partial charge in [-0.1, -0.05) is 0 Å². The Morgan fingerprint density at radius 3 is 2.75 bits per heavy atom. The summed E-state index contributed by atoms with van der Waals surface area (Å²) in [6.45, 7) is 3.74. The van der Waals surface area contributed by atoms with Gasteiger partial charge in [-0.2, -0.15) is 0 Å². The van der Waals surface area contributed by atoms with Crippen molar-refractivity contribution in [2.24, 2.45) is 0 Å². The maximum atomic E-state index is 11.3. The number of aryl methyl sites for hydroxylation is 1. The predicted molar refractivity (Wildman–Crippen MR) is 57.0 cm³/mol. The summed E-state index contributed by atoms with van der Waals surface area (Å²) in [4.78, 5) is 21.0. The Hall–Kier alpha value is -1.85. The minimum absolute atomic E-state index is 0.0888. The molecule has 1 rings (SSSR count). The fraction of sp³-hybridized carbons (Fsp3) is 0.500. The largest absolute Gasteiger partial charge is 0.433 e. The third-order valence-electron chi connectivity index (χ3n) is 1.88. The van der Waals surface area contributed by atoms with Crippen LogP contribution in [0.3, 0.4) is 0 Å². The van der Waals surface area contributed by atoms with Crippen molar-refractivity contribution in [1.29, 1.82) is 0 Å². The van der Waals surface area contributed by atoms with Gasteiger partial charge in [0.1, 0.15) is 10.7 Å². The first-order valence-electron chi connectivity index (χ1n) is 5.01. The summed E-state index contributed by atoms with van der Waals surface area (Å²) in [5, 5.41) is 13.1. The Kier molecular flexibility index (Phi) is 4.04. The summed E-state index contributed by atoms with van der Waals surface area (Å²) >= 11 is 0. The SMILES string of the molecule is CC(C)NC(=O)CCc1ccc([N+](=O)[O-])o1. The van der Waals surface area contributed by atoms with E-state index in [-0.39, 0.29) is 24.3 Å². The van der Waals surface area contributed by atoms with Crippen LogP contribution in [0.4, 0.5) is 5.88 Å². The third-order valence-corrected chi connectivity index (χ3v) is 1.88. The number of hydrogen-bond acceptors (Lipinski definition) is 4. The van der Waals surface area contributed by atoms with Crippen LogP contribution in [0.25, 0.3) is 0 Å². The maximum absolute atomic E-state index is 11.3. The maximum Gasteiger partial charge on any atom is 0.433 e.